The fourth-order valence-electron chi connectivity index (χ4n) is 1.50. The van der Waals surface area contributed by atoms with Gasteiger partial charge in [-0.25, -0.2) is 0 Å². The van der Waals surface area contributed by atoms with Gasteiger partial charge in [0.1, 0.15) is 6.26 Å². The molecule has 3 rings (SSSR count). The fraction of sp³-hybridized carbons (Fsp3) is 0. The van der Waals surface area contributed by atoms with Crippen molar-refractivity contribution in [1.82, 2.24) is 5.16 Å². The average molecular weight is 249 g/mol. The Balaban J connectivity index is 0.000000224. The van der Waals surface area contributed by atoms with E-state index in [-0.39, 0.29) is 0 Å². The van der Waals surface area contributed by atoms with E-state index in [9.17, 15) is 0 Å². The molecule has 0 fully saturated rings. The lowest BCUT2D eigenvalue weighted by Gasteiger charge is -1.92. The van der Waals surface area contributed by atoms with Gasteiger partial charge in [0.25, 0.3) is 0 Å². The number of nitrogens with zero attached hydrogens (tertiary/aromatic N) is 1. The van der Waals surface area contributed by atoms with E-state index in [1.54, 1.807) is 12.3 Å². The molecule has 1 aromatic heterocycles. The van der Waals surface area contributed by atoms with E-state index in [0.717, 1.165) is 0 Å². The monoisotopic (exact) mass is 249 g/mol. The van der Waals surface area contributed by atoms with Crippen LogP contribution in [0.15, 0.2) is 83.7 Å². The first-order chi connectivity index (χ1) is 9.45. The van der Waals surface area contributed by atoms with E-state index >= 15 is 0 Å². The first kappa shape index (κ1) is 12.8. The fourth-order valence-corrected chi connectivity index (χ4v) is 1.50. The van der Waals surface area contributed by atoms with E-state index in [4.69, 9.17) is 0 Å². The van der Waals surface area contributed by atoms with Crippen LogP contribution in [0.25, 0.3) is 12.2 Å². The third-order valence-electron chi connectivity index (χ3n) is 2.41. The molecule has 0 amide bonds. The quantitative estimate of drug-likeness (QED) is 0.623. The first-order valence-electron chi connectivity index (χ1n) is 6.08. The van der Waals surface area contributed by atoms with Gasteiger partial charge in [0.05, 0.1) is 6.20 Å². The van der Waals surface area contributed by atoms with Crippen molar-refractivity contribution >= 4 is 12.2 Å². The van der Waals surface area contributed by atoms with Crippen LogP contribution in [0.4, 0.5) is 0 Å². The molecule has 0 atom stereocenters. The number of hydrogen-bond acceptors (Lipinski definition) is 2. The molecule has 0 N–H and O–H groups in total. The minimum absolute atomic E-state index is 1.23. The highest BCUT2D eigenvalue weighted by atomic mass is 16.5. The molecular weight excluding hydrogens is 234 g/mol. The maximum atomic E-state index is 4.33. The van der Waals surface area contributed by atoms with E-state index in [1.165, 1.54) is 17.4 Å². The normalized spacial score (nSPS) is 9.89. The molecule has 94 valence electrons. The van der Waals surface area contributed by atoms with Crippen LogP contribution < -0.4 is 0 Å². The molecule has 2 aromatic carbocycles. The minimum Gasteiger partial charge on any atom is -0.365 e. The van der Waals surface area contributed by atoms with E-state index in [0.29, 0.717) is 0 Å². The molecule has 0 saturated carbocycles. The van der Waals surface area contributed by atoms with Crippen LogP contribution in [0.2, 0.25) is 0 Å². The van der Waals surface area contributed by atoms with Crippen LogP contribution in [-0.2, 0) is 0 Å². The molecule has 0 bridgehead atoms. The zero-order chi connectivity index (χ0) is 13.2. The SMILES string of the molecule is C(=Cc1ccccc1)c1ccccc1.c1cnoc1. The van der Waals surface area contributed by atoms with Gasteiger partial charge in [-0.3, -0.25) is 0 Å². The topological polar surface area (TPSA) is 26.0 Å². The Kier molecular flexibility index (Phi) is 5.18. The highest BCUT2D eigenvalue weighted by Gasteiger charge is 1.84. The Morgan fingerprint density at radius 1 is 0.684 bits per heavy atom. The molecule has 0 radical (unpaired) electrons. The van der Waals surface area contributed by atoms with Crippen LogP contribution in [-0.4, -0.2) is 5.16 Å². The number of aromatic nitrogens is 1. The Morgan fingerprint density at radius 2 is 1.21 bits per heavy atom. The second-order valence-corrected chi connectivity index (χ2v) is 3.84. The summed E-state index contributed by atoms with van der Waals surface area (Å²) < 4.78 is 4.33. The number of benzene rings is 2. The highest BCUT2D eigenvalue weighted by molar-refractivity contribution is 5.69. The number of rotatable bonds is 2. The summed E-state index contributed by atoms with van der Waals surface area (Å²) in [7, 11) is 0. The summed E-state index contributed by atoms with van der Waals surface area (Å²) in [6, 6.07) is 22.3. The molecule has 0 aliphatic carbocycles. The van der Waals surface area contributed by atoms with Gasteiger partial charge in [-0.1, -0.05) is 78.0 Å². The molecule has 0 saturated heterocycles. The summed E-state index contributed by atoms with van der Waals surface area (Å²) >= 11 is 0. The van der Waals surface area contributed by atoms with Crippen molar-refractivity contribution in [2.24, 2.45) is 0 Å². The molecule has 0 spiro atoms. The molecule has 2 nitrogen and oxygen atoms in total. The van der Waals surface area contributed by atoms with Crippen molar-refractivity contribution in [1.29, 1.82) is 0 Å². The lowest BCUT2D eigenvalue weighted by molar-refractivity contribution is 0.420. The van der Waals surface area contributed by atoms with Gasteiger partial charge < -0.3 is 4.52 Å². The Bertz CT molecular complexity index is 512. The first-order valence-corrected chi connectivity index (χ1v) is 6.08. The molecule has 19 heavy (non-hydrogen) atoms. The predicted octanol–water partition coefficient (Wildman–Crippen LogP) is 4.53. The van der Waals surface area contributed by atoms with Crippen molar-refractivity contribution in [2.75, 3.05) is 0 Å². The van der Waals surface area contributed by atoms with Gasteiger partial charge in [-0.2, -0.15) is 0 Å². The lowest BCUT2D eigenvalue weighted by atomic mass is 10.1. The molecule has 1 heterocycles. The van der Waals surface area contributed by atoms with E-state index < -0.39 is 0 Å². The van der Waals surface area contributed by atoms with E-state index in [2.05, 4.69) is 46.1 Å². The van der Waals surface area contributed by atoms with Gasteiger partial charge in [0.2, 0.25) is 0 Å². The lowest BCUT2D eigenvalue weighted by Crippen LogP contribution is -1.70. The average Bonchev–Trinajstić information content (AvgIpc) is 3.07. The van der Waals surface area contributed by atoms with Gasteiger partial charge in [0.15, 0.2) is 0 Å². The summed E-state index contributed by atoms with van der Waals surface area (Å²) in [5, 5.41) is 3.35. The van der Waals surface area contributed by atoms with Gasteiger partial charge in [0, 0.05) is 0 Å². The summed E-state index contributed by atoms with van der Waals surface area (Å²) in [4.78, 5) is 0. The Morgan fingerprint density at radius 3 is 1.53 bits per heavy atom. The standard InChI is InChI=1S/C14H12.C3H3NO/c1-3-7-13(8-4-1)11-12-14-9-5-2-6-10-14;1-2-4-5-3-1/h1-12H;1-3H. The predicted molar refractivity (Wildman–Crippen MR) is 78.3 cm³/mol. The molecule has 0 unspecified atom stereocenters. The van der Waals surface area contributed by atoms with E-state index in [1.807, 2.05) is 36.4 Å². The van der Waals surface area contributed by atoms with Crippen LogP contribution in [0.5, 0.6) is 0 Å². The van der Waals surface area contributed by atoms with Crippen molar-refractivity contribution in [3.63, 3.8) is 0 Å². The van der Waals surface area contributed by atoms with Gasteiger partial charge in [-0.15, -0.1) is 0 Å². The molecule has 2 heteroatoms. The summed E-state index contributed by atoms with van der Waals surface area (Å²) in [6.45, 7) is 0. The maximum absolute atomic E-state index is 4.33. The zero-order valence-electron chi connectivity index (χ0n) is 10.5. The van der Waals surface area contributed by atoms with Gasteiger partial charge >= 0.3 is 0 Å². The molecule has 3 aromatic rings. The number of hydrogen-bond donors (Lipinski definition) is 0. The summed E-state index contributed by atoms with van der Waals surface area (Å²) in [5.74, 6) is 0. The minimum atomic E-state index is 1.23. The molecule has 0 aliphatic heterocycles. The van der Waals surface area contributed by atoms with Crippen molar-refractivity contribution in [3.05, 3.63) is 90.3 Å². The van der Waals surface area contributed by atoms with Crippen LogP contribution in [0.3, 0.4) is 0 Å². The van der Waals surface area contributed by atoms with Crippen molar-refractivity contribution < 1.29 is 4.52 Å². The second-order valence-electron chi connectivity index (χ2n) is 3.84. The highest BCUT2D eigenvalue weighted by Crippen LogP contribution is 2.06. The zero-order valence-corrected chi connectivity index (χ0v) is 10.5. The largest absolute Gasteiger partial charge is 0.365 e. The molecular formula is C17H15NO. The van der Waals surface area contributed by atoms with Crippen LogP contribution in [0, 0.1) is 0 Å². The van der Waals surface area contributed by atoms with Crippen molar-refractivity contribution in [3.8, 4) is 0 Å². The van der Waals surface area contributed by atoms with Crippen LogP contribution in [0.1, 0.15) is 11.1 Å². The third kappa shape index (κ3) is 5.04. The van der Waals surface area contributed by atoms with Crippen molar-refractivity contribution in [2.45, 2.75) is 0 Å². The summed E-state index contributed by atoms with van der Waals surface area (Å²) in [5.41, 5.74) is 2.47. The Labute approximate surface area is 113 Å². The third-order valence-corrected chi connectivity index (χ3v) is 2.41. The summed E-state index contributed by atoms with van der Waals surface area (Å²) in [6.07, 6.45) is 7.34. The van der Waals surface area contributed by atoms with Crippen LogP contribution >= 0.6 is 0 Å². The second kappa shape index (κ2) is 7.67. The Hall–Kier alpha value is -2.61. The smallest absolute Gasteiger partial charge is 0.123 e. The molecule has 0 aliphatic rings. The maximum Gasteiger partial charge on any atom is 0.123 e. The van der Waals surface area contributed by atoms with Gasteiger partial charge in [-0.05, 0) is 17.2 Å².